The van der Waals surface area contributed by atoms with Crippen molar-refractivity contribution in [2.24, 2.45) is 22.2 Å². The Bertz CT molecular complexity index is 414. The predicted molar refractivity (Wildman–Crippen MR) is 79.8 cm³/mol. The van der Waals surface area contributed by atoms with Gasteiger partial charge in [-0.2, -0.15) is 0 Å². The summed E-state index contributed by atoms with van der Waals surface area (Å²) >= 11 is 0. The van der Waals surface area contributed by atoms with Gasteiger partial charge in [-0.15, -0.1) is 0 Å². The zero-order valence-corrected chi connectivity index (χ0v) is 13.0. The molecule has 0 bridgehead atoms. The van der Waals surface area contributed by atoms with E-state index in [1.54, 1.807) is 6.92 Å². The second-order valence-corrected chi connectivity index (χ2v) is 6.11. The van der Waals surface area contributed by atoms with Gasteiger partial charge in [0.1, 0.15) is 11.5 Å². The van der Waals surface area contributed by atoms with Crippen molar-refractivity contribution in [2.75, 3.05) is 6.54 Å². The highest BCUT2D eigenvalue weighted by atomic mass is 16.4. The lowest BCUT2D eigenvalue weighted by Gasteiger charge is -2.27. The Morgan fingerprint density at radius 1 is 1.29 bits per heavy atom. The lowest BCUT2D eigenvalue weighted by Crippen LogP contribution is -2.54. The Balaban J connectivity index is 2.68. The van der Waals surface area contributed by atoms with Crippen LogP contribution in [0.5, 0.6) is 0 Å². The first-order valence-corrected chi connectivity index (χ1v) is 7.40. The molecule has 0 saturated heterocycles. The third kappa shape index (κ3) is 4.09. The van der Waals surface area contributed by atoms with Crippen LogP contribution in [-0.2, 0) is 9.59 Å². The molecule has 21 heavy (non-hydrogen) atoms. The van der Waals surface area contributed by atoms with E-state index >= 15 is 0 Å². The molecular weight excluding hydrogens is 272 g/mol. The van der Waals surface area contributed by atoms with Gasteiger partial charge in [-0.1, -0.05) is 31.8 Å². The van der Waals surface area contributed by atoms with Crippen LogP contribution in [0.15, 0.2) is 5.16 Å². The molecule has 120 valence electrons. The van der Waals surface area contributed by atoms with Gasteiger partial charge in [0.05, 0.1) is 0 Å². The van der Waals surface area contributed by atoms with Crippen molar-refractivity contribution < 1.29 is 14.8 Å². The number of hydrogen-bond donors (Lipinski definition) is 4. The Morgan fingerprint density at radius 3 is 2.33 bits per heavy atom. The molecule has 0 aromatic carbocycles. The zero-order chi connectivity index (χ0) is 16.0. The van der Waals surface area contributed by atoms with E-state index in [1.165, 1.54) is 0 Å². The van der Waals surface area contributed by atoms with Crippen molar-refractivity contribution >= 4 is 17.6 Å². The molecule has 7 nitrogen and oxygen atoms in total. The highest BCUT2D eigenvalue weighted by Crippen LogP contribution is 2.38. The van der Waals surface area contributed by atoms with E-state index in [-0.39, 0.29) is 17.6 Å². The number of nitrogens with one attached hydrogen (secondary N) is 2. The Morgan fingerprint density at radius 2 is 1.86 bits per heavy atom. The summed E-state index contributed by atoms with van der Waals surface area (Å²) in [6.07, 6.45) is 2.76. The van der Waals surface area contributed by atoms with Crippen LogP contribution in [0.3, 0.4) is 0 Å². The smallest absolute Gasteiger partial charge is 0.242 e. The minimum Gasteiger partial charge on any atom is -0.409 e. The highest BCUT2D eigenvalue weighted by Gasteiger charge is 2.46. The largest absolute Gasteiger partial charge is 0.409 e. The van der Waals surface area contributed by atoms with Gasteiger partial charge in [-0.05, 0) is 25.7 Å². The molecule has 1 fully saturated rings. The van der Waals surface area contributed by atoms with Crippen molar-refractivity contribution in [3.05, 3.63) is 0 Å². The normalized spacial score (nSPS) is 19.3. The number of hydrogen-bond acceptors (Lipinski definition) is 4. The average molecular weight is 298 g/mol. The van der Waals surface area contributed by atoms with Gasteiger partial charge in [0.25, 0.3) is 0 Å². The average Bonchev–Trinajstić information content (AvgIpc) is 2.94. The topological polar surface area (TPSA) is 117 Å². The first-order valence-electron chi connectivity index (χ1n) is 7.40. The maximum atomic E-state index is 12.5. The maximum Gasteiger partial charge on any atom is 0.242 e. The van der Waals surface area contributed by atoms with Gasteiger partial charge >= 0.3 is 0 Å². The first-order chi connectivity index (χ1) is 9.83. The molecule has 0 heterocycles. The molecule has 0 aliphatic heterocycles. The second kappa shape index (κ2) is 7.28. The van der Waals surface area contributed by atoms with Gasteiger partial charge in [-0.25, -0.2) is 0 Å². The van der Waals surface area contributed by atoms with Gasteiger partial charge in [0, 0.05) is 6.54 Å². The Labute approximate surface area is 125 Å². The van der Waals surface area contributed by atoms with Crippen LogP contribution in [0.4, 0.5) is 0 Å². The molecule has 1 aliphatic rings. The summed E-state index contributed by atoms with van der Waals surface area (Å²) in [5.74, 6) is -0.310. The highest BCUT2D eigenvalue weighted by molar-refractivity contribution is 6.07. The quantitative estimate of drug-likeness (QED) is 0.248. The monoisotopic (exact) mass is 298 g/mol. The summed E-state index contributed by atoms with van der Waals surface area (Å²) in [4.78, 5) is 24.4. The molecule has 1 aliphatic carbocycles. The minimum atomic E-state index is -0.985. The van der Waals surface area contributed by atoms with E-state index < -0.39 is 11.5 Å². The van der Waals surface area contributed by atoms with E-state index in [0.29, 0.717) is 25.3 Å². The molecule has 1 saturated carbocycles. The van der Waals surface area contributed by atoms with Crippen LogP contribution >= 0.6 is 0 Å². The van der Waals surface area contributed by atoms with E-state index in [1.807, 2.05) is 13.8 Å². The summed E-state index contributed by atoms with van der Waals surface area (Å²) in [5, 5.41) is 17.4. The third-order valence-electron chi connectivity index (χ3n) is 3.92. The standard InChI is InChI=1S/C14H26N4O3/c1-9(2)8-16-11(19)10(3)17-13(20)14(12(15)18-21)6-4-5-7-14/h9-10,21H,4-8H2,1-3H3,(H2,15,18)(H,16,19)(H,17,20). The number of nitrogens with zero attached hydrogens (tertiary/aromatic N) is 1. The fourth-order valence-electron chi connectivity index (χ4n) is 2.53. The van der Waals surface area contributed by atoms with Crippen LogP contribution in [0.1, 0.15) is 46.5 Å². The molecule has 0 radical (unpaired) electrons. The summed E-state index contributed by atoms with van der Waals surface area (Å²) < 4.78 is 0. The van der Waals surface area contributed by atoms with Gasteiger partial charge in [0.15, 0.2) is 5.84 Å². The number of rotatable bonds is 6. The SMILES string of the molecule is CC(C)CNC(=O)C(C)NC(=O)C1(C(N)=NO)CCCC1. The van der Waals surface area contributed by atoms with Crippen LogP contribution in [-0.4, -0.2) is 35.4 Å². The predicted octanol–water partition coefficient (Wildman–Crippen LogP) is 0.570. The maximum absolute atomic E-state index is 12.5. The molecule has 1 atom stereocenters. The molecule has 7 heteroatoms. The third-order valence-corrected chi connectivity index (χ3v) is 3.92. The van der Waals surface area contributed by atoms with Gasteiger partial charge < -0.3 is 21.6 Å². The Kier molecular flexibility index (Phi) is 5.99. The molecule has 5 N–H and O–H groups in total. The van der Waals surface area contributed by atoms with Crippen LogP contribution in [0.25, 0.3) is 0 Å². The van der Waals surface area contributed by atoms with Crippen LogP contribution in [0, 0.1) is 11.3 Å². The molecule has 0 aromatic heterocycles. The van der Waals surface area contributed by atoms with E-state index in [2.05, 4.69) is 15.8 Å². The number of oxime groups is 1. The van der Waals surface area contributed by atoms with Gasteiger partial charge in [0.2, 0.25) is 11.8 Å². The fourth-order valence-corrected chi connectivity index (χ4v) is 2.53. The molecule has 2 amide bonds. The minimum absolute atomic E-state index is 0.0766. The van der Waals surface area contributed by atoms with Crippen LogP contribution < -0.4 is 16.4 Å². The number of carbonyl (C=O) groups is 2. The summed E-state index contributed by atoms with van der Waals surface area (Å²) in [5.41, 5.74) is 4.72. The summed E-state index contributed by atoms with van der Waals surface area (Å²) in [6.45, 7) is 6.18. The van der Waals surface area contributed by atoms with Crippen LogP contribution in [0.2, 0.25) is 0 Å². The molecular formula is C14H26N4O3. The van der Waals surface area contributed by atoms with Crippen molar-refractivity contribution in [1.29, 1.82) is 0 Å². The molecule has 0 aromatic rings. The molecule has 0 spiro atoms. The van der Waals surface area contributed by atoms with Crippen molar-refractivity contribution in [1.82, 2.24) is 10.6 Å². The van der Waals surface area contributed by atoms with Gasteiger partial charge in [-0.3, -0.25) is 9.59 Å². The van der Waals surface area contributed by atoms with Crippen molar-refractivity contribution in [3.8, 4) is 0 Å². The molecule has 1 rings (SSSR count). The number of amides is 2. The molecule has 1 unspecified atom stereocenters. The van der Waals surface area contributed by atoms with E-state index in [4.69, 9.17) is 10.9 Å². The van der Waals surface area contributed by atoms with E-state index in [0.717, 1.165) is 12.8 Å². The zero-order valence-electron chi connectivity index (χ0n) is 13.0. The number of amidine groups is 1. The van der Waals surface area contributed by atoms with Crippen molar-refractivity contribution in [2.45, 2.75) is 52.5 Å². The number of nitrogens with two attached hydrogens (primary N) is 1. The Hall–Kier alpha value is -1.79. The second-order valence-electron chi connectivity index (χ2n) is 6.11. The number of carbonyl (C=O) groups excluding carboxylic acids is 2. The lowest BCUT2D eigenvalue weighted by molar-refractivity contribution is -0.132. The lowest BCUT2D eigenvalue weighted by atomic mass is 9.83. The summed E-state index contributed by atoms with van der Waals surface area (Å²) in [6, 6.07) is -0.653. The van der Waals surface area contributed by atoms with Crippen molar-refractivity contribution in [3.63, 3.8) is 0 Å². The first kappa shape index (κ1) is 17.3. The summed E-state index contributed by atoms with van der Waals surface area (Å²) in [7, 11) is 0. The fraction of sp³-hybridized carbons (Fsp3) is 0.786. The van der Waals surface area contributed by atoms with E-state index in [9.17, 15) is 9.59 Å².